The van der Waals surface area contributed by atoms with Gasteiger partial charge in [-0.2, -0.15) is 0 Å². The fourth-order valence-electron chi connectivity index (χ4n) is 13.8. The van der Waals surface area contributed by atoms with E-state index in [1.807, 2.05) is 0 Å². The second-order valence-corrected chi connectivity index (χ2v) is 20.5. The van der Waals surface area contributed by atoms with E-state index in [1.54, 1.807) is 199 Å². The monoisotopic (exact) mass is 647 g/mol. The molecule has 47 heavy (non-hydrogen) atoms. The molecule has 0 nitrogen and oxygen atoms in total. The van der Waals surface area contributed by atoms with E-state index in [4.69, 9.17) is 0 Å². The summed E-state index contributed by atoms with van der Waals surface area (Å²) < 4.78 is 0. The molecule has 0 N–H and O–H groups in total. The standard InChI is InChI=1S/2C9H16.2C8H14.C7H12.C6H10/c1-3-8-5-2-6-9(4-1)7-8;1-2-8-4-6-9(3-1)7-5-8;1-2-8-5-3-7(1)4-6-8;1-2-7-4-5-8(3-1)6-7;1-2-7-4-3-6(1)5-7;1-2-6-3-5(1)4-6/h2*8-9H,1-7H2;2*7-8H,1-6H2;6-7H,1-5H2;5-6H,1-4H2. The molecule has 0 heteroatoms. The number of fused-ring (bicyclic) bond motifs is 14. The van der Waals surface area contributed by atoms with Gasteiger partial charge in [0.05, 0.1) is 0 Å². The highest BCUT2D eigenvalue weighted by Crippen LogP contribution is 2.48. The summed E-state index contributed by atoms with van der Waals surface area (Å²) in [6.45, 7) is 0. The lowest BCUT2D eigenvalue weighted by Crippen LogP contribution is -2.21. The number of rotatable bonds is 0. The third-order valence-corrected chi connectivity index (χ3v) is 17.1. The molecule has 2 atom stereocenters. The van der Waals surface area contributed by atoms with E-state index in [-0.39, 0.29) is 0 Å². The molecular weight excluding hydrogens is 565 g/mol. The minimum atomic E-state index is 1.14. The van der Waals surface area contributed by atoms with Gasteiger partial charge in [0.1, 0.15) is 0 Å². The van der Waals surface area contributed by atoms with E-state index >= 15 is 0 Å². The van der Waals surface area contributed by atoms with Crippen molar-refractivity contribution in [3.05, 3.63) is 0 Å². The van der Waals surface area contributed by atoms with Crippen LogP contribution in [0.1, 0.15) is 225 Å². The Morgan fingerprint density at radius 1 is 0.128 bits per heavy atom. The van der Waals surface area contributed by atoms with Gasteiger partial charge in [-0.25, -0.2) is 0 Å². The van der Waals surface area contributed by atoms with Gasteiger partial charge in [0.15, 0.2) is 0 Å². The largest absolute Gasteiger partial charge is 0.0528 e. The van der Waals surface area contributed by atoms with Gasteiger partial charge in [-0.05, 0) is 103 Å². The highest BCUT2D eigenvalue weighted by molar-refractivity contribution is 4.87. The first kappa shape index (κ1) is 35.4. The van der Waals surface area contributed by atoms with Crippen LogP contribution in [0.4, 0.5) is 0 Å². The van der Waals surface area contributed by atoms with Crippen molar-refractivity contribution in [3.63, 3.8) is 0 Å². The topological polar surface area (TPSA) is 0 Å². The van der Waals surface area contributed by atoms with Gasteiger partial charge in [0.25, 0.3) is 0 Å². The van der Waals surface area contributed by atoms with Crippen molar-refractivity contribution in [1.82, 2.24) is 0 Å². The maximum Gasteiger partial charge on any atom is -0.0409 e. The minimum Gasteiger partial charge on any atom is -0.0528 e. The average molecular weight is 647 g/mol. The van der Waals surface area contributed by atoms with Crippen LogP contribution in [0.2, 0.25) is 0 Å². The maximum absolute atomic E-state index is 1.58. The fourth-order valence-corrected chi connectivity index (χ4v) is 13.8. The van der Waals surface area contributed by atoms with E-state index in [1.165, 1.54) is 49.4 Å². The Morgan fingerprint density at radius 2 is 0.277 bits per heavy atom. The van der Waals surface area contributed by atoms with Gasteiger partial charge in [-0.3, -0.25) is 0 Å². The van der Waals surface area contributed by atoms with Crippen molar-refractivity contribution in [2.24, 2.45) is 71.0 Å². The highest BCUT2D eigenvalue weighted by atomic mass is 14.4. The molecule has 0 radical (unpaired) electrons. The molecule has 0 aromatic rings. The van der Waals surface area contributed by atoms with Crippen molar-refractivity contribution < 1.29 is 0 Å². The first-order valence-corrected chi connectivity index (χ1v) is 23.2. The lowest BCUT2D eigenvalue weighted by molar-refractivity contribution is 0.176. The Kier molecular flexibility index (Phi) is 13.9. The van der Waals surface area contributed by atoms with Gasteiger partial charge in [0, 0.05) is 0 Å². The van der Waals surface area contributed by atoms with Gasteiger partial charge >= 0.3 is 0 Å². The Bertz CT molecular complexity index is 732. The molecule has 270 valence electrons. The van der Waals surface area contributed by atoms with Gasteiger partial charge in [-0.1, -0.05) is 193 Å². The van der Waals surface area contributed by atoms with Gasteiger partial charge in [-0.15, -0.1) is 0 Å². The van der Waals surface area contributed by atoms with Crippen molar-refractivity contribution in [1.29, 1.82) is 0 Å². The van der Waals surface area contributed by atoms with Crippen LogP contribution in [0.3, 0.4) is 0 Å². The normalized spacial score (nSPS) is 45.4. The van der Waals surface area contributed by atoms with Crippen LogP contribution < -0.4 is 0 Å². The summed E-state index contributed by atoms with van der Waals surface area (Å²) in [4.78, 5) is 0. The zero-order valence-corrected chi connectivity index (χ0v) is 31.7. The zero-order chi connectivity index (χ0) is 31.7. The lowest BCUT2D eigenvalue weighted by Gasteiger charge is -2.35. The highest BCUT2D eigenvalue weighted by Gasteiger charge is 2.35. The van der Waals surface area contributed by atoms with Crippen LogP contribution in [0.5, 0.6) is 0 Å². The Morgan fingerprint density at radius 3 is 0.489 bits per heavy atom. The molecule has 2 unspecified atom stereocenters. The van der Waals surface area contributed by atoms with E-state index < -0.39 is 0 Å². The Balaban J connectivity index is 0.0000000900. The quantitative estimate of drug-likeness (QED) is 0.246. The lowest BCUT2D eigenvalue weighted by atomic mass is 9.71. The second-order valence-electron chi connectivity index (χ2n) is 20.5. The Hall–Kier alpha value is 0. The average Bonchev–Trinajstić information content (AvgIpc) is 3.97. The molecule has 0 amide bonds. The van der Waals surface area contributed by atoms with E-state index in [0.717, 1.165) is 47.3 Å². The molecule has 0 saturated heterocycles. The maximum atomic E-state index is 1.58. The molecule has 15 aliphatic rings. The summed E-state index contributed by atoms with van der Waals surface area (Å²) in [5.74, 6) is 13.9. The molecule has 0 aromatic carbocycles. The summed E-state index contributed by atoms with van der Waals surface area (Å²) in [7, 11) is 0. The predicted molar refractivity (Wildman–Crippen MR) is 203 cm³/mol. The molecule has 15 aliphatic carbocycles. The second kappa shape index (κ2) is 18.5. The third-order valence-electron chi connectivity index (χ3n) is 17.1. The van der Waals surface area contributed by atoms with Crippen LogP contribution in [-0.2, 0) is 0 Å². The van der Waals surface area contributed by atoms with E-state index in [9.17, 15) is 0 Å². The van der Waals surface area contributed by atoms with Gasteiger partial charge < -0.3 is 0 Å². The summed E-state index contributed by atoms with van der Waals surface area (Å²) in [6.07, 6.45) is 54.6. The minimum absolute atomic E-state index is 1.14. The summed E-state index contributed by atoms with van der Waals surface area (Å²) in [6, 6.07) is 0. The zero-order valence-electron chi connectivity index (χ0n) is 31.7. The van der Waals surface area contributed by atoms with Crippen molar-refractivity contribution in [3.8, 4) is 0 Å². The molecule has 12 bridgehead atoms. The van der Waals surface area contributed by atoms with Crippen molar-refractivity contribution >= 4 is 0 Å². The van der Waals surface area contributed by atoms with Gasteiger partial charge in [0.2, 0.25) is 0 Å². The van der Waals surface area contributed by atoms with Crippen molar-refractivity contribution in [2.75, 3.05) is 0 Å². The Labute approximate surface area is 294 Å². The molecule has 15 saturated carbocycles. The molecule has 0 heterocycles. The summed E-state index contributed by atoms with van der Waals surface area (Å²) >= 11 is 0. The molecule has 0 aliphatic heterocycles. The van der Waals surface area contributed by atoms with Crippen LogP contribution in [0.15, 0.2) is 0 Å². The molecule has 0 spiro atoms. The molecular formula is C47H82. The first-order valence-electron chi connectivity index (χ1n) is 23.2. The SMILES string of the molecule is C1CC2CC1C2.C1CC2CCC(C1)C2.C1CC2CCC(C1)CC2.C1CC2CCC1C2.C1CC2CCC1CC2.C1CC2CCCC(C1)C2. The van der Waals surface area contributed by atoms with Crippen LogP contribution in [-0.4, -0.2) is 0 Å². The van der Waals surface area contributed by atoms with Crippen molar-refractivity contribution in [2.45, 2.75) is 225 Å². The molecule has 15 fully saturated rings. The van der Waals surface area contributed by atoms with E-state index in [2.05, 4.69) is 0 Å². The summed E-state index contributed by atoms with van der Waals surface area (Å²) in [5.41, 5.74) is 0. The molecule has 15 rings (SSSR count). The number of hydrogen-bond acceptors (Lipinski definition) is 0. The molecule has 0 aromatic heterocycles. The smallest absolute Gasteiger partial charge is 0.0409 e. The van der Waals surface area contributed by atoms with Crippen LogP contribution >= 0.6 is 0 Å². The fraction of sp³-hybridized carbons (Fsp3) is 1.00. The van der Waals surface area contributed by atoms with E-state index in [0.29, 0.717) is 0 Å². The number of hydrogen-bond donors (Lipinski definition) is 0. The third kappa shape index (κ3) is 11.2. The summed E-state index contributed by atoms with van der Waals surface area (Å²) in [5, 5.41) is 0. The first-order chi connectivity index (χ1) is 23.2. The predicted octanol–water partition coefficient (Wildman–Crippen LogP) is 15.1. The van der Waals surface area contributed by atoms with Crippen LogP contribution in [0, 0.1) is 71.0 Å². The van der Waals surface area contributed by atoms with Crippen LogP contribution in [0.25, 0.3) is 0 Å².